The van der Waals surface area contributed by atoms with Crippen molar-refractivity contribution in [2.45, 2.75) is 19.3 Å². The zero-order valence-electron chi connectivity index (χ0n) is 16.0. The number of aryl methyl sites for hydroxylation is 1. The van der Waals surface area contributed by atoms with Crippen LogP contribution in [0.4, 0.5) is 0 Å². The van der Waals surface area contributed by atoms with E-state index in [1.54, 1.807) is 26.4 Å². The van der Waals surface area contributed by atoms with Crippen molar-refractivity contribution in [3.63, 3.8) is 0 Å². The Labute approximate surface area is 169 Å². The maximum atomic E-state index is 11.9. The Morgan fingerprint density at radius 3 is 2.32 bits per heavy atom. The van der Waals surface area contributed by atoms with Crippen LogP contribution < -0.4 is 14.8 Å². The molecule has 0 unspecified atom stereocenters. The lowest BCUT2D eigenvalue weighted by Gasteiger charge is -2.09. The fraction of sp³-hybridized carbons (Fsp3) is 0.333. The molecule has 150 valence electrons. The highest BCUT2D eigenvalue weighted by atomic mass is 35.5. The predicted octanol–water partition coefficient (Wildman–Crippen LogP) is 3.19. The Hall–Kier alpha value is -2.73. The molecule has 0 atom stereocenters. The molecule has 28 heavy (non-hydrogen) atoms. The van der Waals surface area contributed by atoms with Crippen LogP contribution in [-0.2, 0) is 27.2 Å². The summed E-state index contributed by atoms with van der Waals surface area (Å²) in [6, 6.07) is 12.9. The van der Waals surface area contributed by atoms with Crippen LogP contribution >= 0.6 is 11.6 Å². The van der Waals surface area contributed by atoms with Crippen molar-refractivity contribution in [2.24, 2.45) is 0 Å². The first-order valence-corrected chi connectivity index (χ1v) is 9.26. The molecule has 0 saturated carbocycles. The molecule has 7 heteroatoms. The highest BCUT2D eigenvalue weighted by Gasteiger charge is 2.09. The van der Waals surface area contributed by atoms with Crippen LogP contribution in [0, 0.1) is 0 Å². The summed E-state index contributed by atoms with van der Waals surface area (Å²) in [4.78, 5) is 23.7. The van der Waals surface area contributed by atoms with Crippen molar-refractivity contribution in [3.8, 4) is 11.5 Å². The van der Waals surface area contributed by atoms with E-state index in [0.29, 0.717) is 35.9 Å². The van der Waals surface area contributed by atoms with Gasteiger partial charge in [-0.05, 0) is 48.2 Å². The number of rotatable bonds is 10. The summed E-state index contributed by atoms with van der Waals surface area (Å²) in [5, 5.41) is 3.38. The van der Waals surface area contributed by atoms with Gasteiger partial charge in [-0.15, -0.1) is 0 Å². The van der Waals surface area contributed by atoms with Crippen LogP contribution in [0.2, 0.25) is 5.02 Å². The van der Waals surface area contributed by atoms with Crippen molar-refractivity contribution < 1.29 is 23.8 Å². The number of amides is 1. The molecular formula is C21H24ClNO5. The molecule has 0 radical (unpaired) electrons. The maximum absolute atomic E-state index is 11.9. The highest BCUT2D eigenvalue weighted by Crippen LogP contribution is 2.23. The van der Waals surface area contributed by atoms with E-state index in [1.165, 1.54) is 0 Å². The lowest BCUT2D eigenvalue weighted by Crippen LogP contribution is -2.30. The molecule has 0 aliphatic carbocycles. The van der Waals surface area contributed by atoms with Gasteiger partial charge in [-0.2, -0.15) is 0 Å². The van der Waals surface area contributed by atoms with E-state index < -0.39 is 5.97 Å². The minimum Gasteiger partial charge on any atom is -0.497 e. The van der Waals surface area contributed by atoms with Gasteiger partial charge in [0.1, 0.15) is 11.5 Å². The number of hydrogen-bond donors (Lipinski definition) is 1. The number of halogens is 1. The monoisotopic (exact) mass is 405 g/mol. The molecule has 0 saturated heterocycles. The molecule has 2 aromatic carbocycles. The molecule has 0 heterocycles. The summed E-state index contributed by atoms with van der Waals surface area (Å²) >= 11 is 5.92. The number of hydrogen-bond acceptors (Lipinski definition) is 5. The molecule has 1 amide bonds. The predicted molar refractivity (Wildman–Crippen MR) is 107 cm³/mol. The summed E-state index contributed by atoms with van der Waals surface area (Å²) in [5.41, 5.74) is 1.91. The number of esters is 1. The third-order valence-corrected chi connectivity index (χ3v) is 4.25. The molecule has 0 aromatic heterocycles. The van der Waals surface area contributed by atoms with Gasteiger partial charge in [-0.25, -0.2) is 0 Å². The maximum Gasteiger partial charge on any atom is 0.306 e. The van der Waals surface area contributed by atoms with Crippen molar-refractivity contribution in [2.75, 3.05) is 27.4 Å². The van der Waals surface area contributed by atoms with E-state index in [0.717, 1.165) is 11.1 Å². The van der Waals surface area contributed by atoms with Gasteiger partial charge in [0.25, 0.3) is 5.91 Å². The van der Waals surface area contributed by atoms with Crippen LogP contribution in [0.3, 0.4) is 0 Å². The first-order valence-electron chi connectivity index (χ1n) is 8.89. The molecule has 1 N–H and O–H groups in total. The Morgan fingerprint density at radius 1 is 0.964 bits per heavy atom. The Kier molecular flexibility index (Phi) is 8.62. The van der Waals surface area contributed by atoms with E-state index in [2.05, 4.69) is 5.32 Å². The second-order valence-corrected chi connectivity index (χ2v) is 6.55. The highest BCUT2D eigenvalue weighted by molar-refractivity contribution is 6.30. The molecule has 0 fully saturated rings. The SMILES string of the molecule is COc1cc(CCC(=O)OCC(=O)NCCc2cccc(Cl)c2)cc(OC)c1. The molecule has 0 spiro atoms. The van der Waals surface area contributed by atoms with E-state index in [4.69, 9.17) is 25.8 Å². The molecule has 6 nitrogen and oxygen atoms in total. The summed E-state index contributed by atoms with van der Waals surface area (Å²) in [6.45, 7) is 0.149. The average Bonchev–Trinajstić information content (AvgIpc) is 2.70. The number of carbonyl (C=O) groups excluding carboxylic acids is 2. The fourth-order valence-corrected chi connectivity index (χ4v) is 2.78. The normalized spacial score (nSPS) is 10.2. The number of ether oxygens (including phenoxy) is 3. The van der Waals surface area contributed by atoms with E-state index >= 15 is 0 Å². The average molecular weight is 406 g/mol. The summed E-state index contributed by atoms with van der Waals surface area (Å²) in [6.07, 6.45) is 1.27. The van der Waals surface area contributed by atoms with Crippen molar-refractivity contribution in [1.29, 1.82) is 0 Å². The zero-order valence-corrected chi connectivity index (χ0v) is 16.8. The topological polar surface area (TPSA) is 73.9 Å². The number of benzene rings is 2. The van der Waals surface area contributed by atoms with Gasteiger partial charge in [0.05, 0.1) is 14.2 Å². The molecule has 2 aromatic rings. The first-order chi connectivity index (χ1) is 13.5. The minimum atomic E-state index is -0.438. The Balaban J connectivity index is 1.68. The van der Waals surface area contributed by atoms with E-state index in [-0.39, 0.29) is 18.9 Å². The van der Waals surface area contributed by atoms with E-state index in [1.807, 2.05) is 30.3 Å². The van der Waals surface area contributed by atoms with Crippen LogP contribution in [0.25, 0.3) is 0 Å². The zero-order chi connectivity index (χ0) is 20.4. The third-order valence-electron chi connectivity index (χ3n) is 4.02. The van der Waals surface area contributed by atoms with Crippen molar-refractivity contribution >= 4 is 23.5 Å². The molecule has 0 aliphatic rings. The van der Waals surface area contributed by atoms with E-state index in [9.17, 15) is 9.59 Å². The molecular weight excluding hydrogens is 382 g/mol. The summed E-state index contributed by atoms with van der Waals surface area (Å²) in [7, 11) is 3.13. The summed E-state index contributed by atoms with van der Waals surface area (Å²) in [5.74, 6) is 0.536. The second kappa shape index (κ2) is 11.2. The van der Waals surface area contributed by atoms with Crippen molar-refractivity contribution in [3.05, 3.63) is 58.6 Å². The van der Waals surface area contributed by atoms with Crippen LogP contribution in [0.5, 0.6) is 11.5 Å². The smallest absolute Gasteiger partial charge is 0.306 e. The number of carbonyl (C=O) groups is 2. The lowest BCUT2D eigenvalue weighted by molar-refractivity contribution is -0.148. The Bertz CT molecular complexity index is 787. The Morgan fingerprint density at radius 2 is 1.68 bits per heavy atom. The quantitative estimate of drug-likeness (QED) is 0.614. The van der Waals surface area contributed by atoms with Crippen LogP contribution in [-0.4, -0.2) is 39.2 Å². The van der Waals surface area contributed by atoms with Gasteiger partial charge in [-0.1, -0.05) is 23.7 Å². The van der Waals surface area contributed by atoms with Gasteiger partial charge >= 0.3 is 5.97 Å². The molecule has 0 aliphatic heterocycles. The van der Waals surface area contributed by atoms with Gasteiger partial charge in [0, 0.05) is 24.1 Å². The van der Waals surface area contributed by atoms with Crippen LogP contribution in [0.15, 0.2) is 42.5 Å². The lowest BCUT2D eigenvalue weighted by atomic mass is 10.1. The van der Waals surface area contributed by atoms with Gasteiger partial charge in [-0.3, -0.25) is 9.59 Å². The van der Waals surface area contributed by atoms with Gasteiger partial charge in [0.15, 0.2) is 6.61 Å². The van der Waals surface area contributed by atoms with Crippen LogP contribution in [0.1, 0.15) is 17.5 Å². The third kappa shape index (κ3) is 7.48. The summed E-state index contributed by atoms with van der Waals surface area (Å²) < 4.78 is 15.4. The number of nitrogens with one attached hydrogen (secondary N) is 1. The largest absolute Gasteiger partial charge is 0.497 e. The molecule has 2 rings (SSSR count). The fourth-order valence-electron chi connectivity index (χ4n) is 2.57. The first kappa shape index (κ1) is 21.6. The van der Waals surface area contributed by atoms with Gasteiger partial charge < -0.3 is 19.5 Å². The van der Waals surface area contributed by atoms with Gasteiger partial charge in [0.2, 0.25) is 0 Å². The standard InChI is InChI=1S/C21H24ClNO5/c1-26-18-11-16(12-19(13-18)27-2)6-7-21(25)28-14-20(24)23-9-8-15-4-3-5-17(22)10-15/h3-5,10-13H,6-9,14H2,1-2H3,(H,23,24). The minimum absolute atomic E-state index is 0.159. The van der Waals surface area contributed by atoms with Crippen molar-refractivity contribution in [1.82, 2.24) is 5.32 Å². The second-order valence-electron chi connectivity index (χ2n) is 6.11. The molecule has 0 bridgehead atoms. The number of methoxy groups -OCH3 is 2.